The molecule has 0 fully saturated rings. The molecule has 0 spiro atoms. The molecule has 0 radical (unpaired) electrons. The number of aliphatic carboxylic acids is 1. The molecule has 9 heteroatoms. The standard InChI is InChI=1S/C64H103NO8/c1-6-8-10-12-14-16-18-20-22-24-26-27-28-29-30-31-32-33-34-35-37-39-41-43-45-47-49-51-53-55-62(67)73-60(59-72-64(63(68)69)70-57-56-65(3,4)5)58-71-61(66)54-52-50-48-46-44-42-40-38-36-25-23-21-19-17-15-13-11-9-7-2/h8,10,14-17,20-23,26-27,29-30,32-33,35-38,41,43,60,64H,6-7,9,11-13,18-19,24-25,28,31,34,39-40,42,44-59H2,1-5H3/b10-8-,16-14-,17-15-,22-20-,23-21-,27-26-,30-29-,33-32-,37-35-,38-36-,43-41-. The first kappa shape index (κ1) is 68.4. The fourth-order valence-corrected chi connectivity index (χ4v) is 7.03. The van der Waals surface area contributed by atoms with Crippen LogP contribution in [0.15, 0.2) is 134 Å². The van der Waals surface area contributed by atoms with Gasteiger partial charge < -0.3 is 33.3 Å². The van der Waals surface area contributed by atoms with Crippen LogP contribution in [0.3, 0.4) is 0 Å². The van der Waals surface area contributed by atoms with E-state index in [1.807, 2.05) is 21.1 Å². The van der Waals surface area contributed by atoms with Crippen LogP contribution in [-0.2, 0) is 33.3 Å². The molecule has 73 heavy (non-hydrogen) atoms. The number of esters is 2. The molecule has 0 N–H and O–H groups in total. The molecule has 0 rings (SSSR count). The van der Waals surface area contributed by atoms with Crippen LogP contribution in [0.4, 0.5) is 0 Å². The molecule has 0 saturated heterocycles. The number of carbonyl (C=O) groups is 3. The Hall–Kier alpha value is -4.57. The van der Waals surface area contributed by atoms with E-state index in [9.17, 15) is 19.5 Å². The zero-order valence-corrected chi connectivity index (χ0v) is 46.7. The number of hydrogen-bond acceptors (Lipinski definition) is 8. The Bertz CT molecular complexity index is 1650. The van der Waals surface area contributed by atoms with Crippen LogP contribution >= 0.6 is 0 Å². The molecule has 0 aromatic rings. The maximum atomic E-state index is 12.9. The minimum absolute atomic E-state index is 0.132. The summed E-state index contributed by atoms with van der Waals surface area (Å²) in [6, 6.07) is 0. The first-order valence-electron chi connectivity index (χ1n) is 28.3. The van der Waals surface area contributed by atoms with Gasteiger partial charge in [0.25, 0.3) is 0 Å². The number of quaternary nitrogens is 1. The third kappa shape index (κ3) is 55.0. The molecule has 0 bridgehead atoms. The van der Waals surface area contributed by atoms with E-state index >= 15 is 0 Å². The molecule has 2 unspecified atom stereocenters. The molecule has 0 aliphatic heterocycles. The van der Waals surface area contributed by atoms with Crippen molar-refractivity contribution < 1.29 is 42.9 Å². The number of nitrogens with zero attached hydrogens (tertiary/aromatic N) is 1. The second-order valence-electron chi connectivity index (χ2n) is 19.5. The zero-order valence-electron chi connectivity index (χ0n) is 46.7. The van der Waals surface area contributed by atoms with E-state index in [1.54, 1.807) is 0 Å². The predicted molar refractivity (Wildman–Crippen MR) is 306 cm³/mol. The van der Waals surface area contributed by atoms with Gasteiger partial charge in [0.15, 0.2) is 12.4 Å². The molecule has 0 heterocycles. The highest BCUT2D eigenvalue weighted by molar-refractivity contribution is 5.70. The van der Waals surface area contributed by atoms with Gasteiger partial charge in [0.2, 0.25) is 0 Å². The van der Waals surface area contributed by atoms with Crippen LogP contribution in [0.1, 0.15) is 194 Å². The smallest absolute Gasteiger partial charge is 0.306 e. The Balaban J connectivity index is 4.40. The van der Waals surface area contributed by atoms with Crippen LogP contribution in [0.25, 0.3) is 0 Å². The van der Waals surface area contributed by atoms with Gasteiger partial charge in [-0.25, -0.2) is 0 Å². The summed E-state index contributed by atoms with van der Waals surface area (Å²) in [5, 5.41) is 11.8. The summed E-state index contributed by atoms with van der Waals surface area (Å²) in [5.74, 6) is -2.35. The van der Waals surface area contributed by atoms with E-state index in [0.29, 0.717) is 23.9 Å². The maximum Gasteiger partial charge on any atom is 0.306 e. The summed E-state index contributed by atoms with van der Waals surface area (Å²) in [6.45, 7) is 4.53. The summed E-state index contributed by atoms with van der Waals surface area (Å²) >= 11 is 0. The number of carboxylic acid groups (broad SMARTS) is 1. The maximum absolute atomic E-state index is 12.9. The van der Waals surface area contributed by atoms with Gasteiger partial charge in [0.05, 0.1) is 40.3 Å². The van der Waals surface area contributed by atoms with E-state index in [0.717, 1.165) is 128 Å². The fourth-order valence-electron chi connectivity index (χ4n) is 7.03. The molecular formula is C64H103NO8. The molecule has 412 valence electrons. The molecule has 0 aliphatic carbocycles. The van der Waals surface area contributed by atoms with Crippen molar-refractivity contribution in [3.8, 4) is 0 Å². The van der Waals surface area contributed by atoms with E-state index in [1.165, 1.54) is 25.7 Å². The van der Waals surface area contributed by atoms with Gasteiger partial charge in [-0.3, -0.25) is 9.59 Å². The average molecular weight is 1010 g/mol. The van der Waals surface area contributed by atoms with E-state index in [-0.39, 0.29) is 38.6 Å². The summed E-state index contributed by atoms with van der Waals surface area (Å²) < 4.78 is 22.6. The molecule has 0 aliphatic rings. The Morgan fingerprint density at radius 3 is 1.16 bits per heavy atom. The Morgan fingerprint density at radius 1 is 0.425 bits per heavy atom. The highest BCUT2D eigenvalue weighted by Crippen LogP contribution is 2.13. The average Bonchev–Trinajstić information content (AvgIpc) is 3.36. The van der Waals surface area contributed by atoms with Crippen molar-refractivity contribution >= 4 is 17.9 Å². The van der Waals surface area contributed by atoms with Gasteiger partial charge in [-0.1, -0.05) is 199 Å². The molecule has 9 nitrogen and oxygen atoms in total. The van der Waals surface area contributed by atoms with Crippen LogP contribution in [0, 0.1) is 0 Å². The lowest BCUT2D eigenvalue weighted by molar-refractivity contribution is -0.870. The number of rotatable bonds is 50. The van der Waals surface area contributed by atoms with Crippen molar-refractivity contribution in [3.05, 3.63) is 134 Å². The van der Waals surface area contributed by atoms with Crippen molar-refractivity contribution in [1.82, 2.24) is 0 Å². The number of ether oxygens (including phenoxy) is 4. The Morgan fingerprint density at radius 2 is 0.781 bits per heavy atom. The third-order valence-corrected chi connectivity index (χ3v) is 11.4. The molecular weight excluding hydrogens is 911 g/mol. The Kier molecular flexibility index (Phi) is 50.4. The van der Waals surface area contributed by atoms with E-state index in [4.69, 9.17) is 18.9 Å². The zero-order chi connectivity index (χ0) is 53.4. The van der Waals surface area contributed by atoms with Crippen molar-refractivity contribution in [1.29, 1.82) is 0 Å². The lowest BCUT2D eigenvalue weighted by Gasteiger charge is -2.26. The quantitative estimate of drug-likeness (QED) is 0.0195. The fraction of sp³-hybridized carbons (Fsp3) is 0.609. The SMILES string of the molecule is CC/C=C\C/C=C\C/C=C\C/C=C\C/C=C\C/C=C\C/C=C\C/C=C\CCCCCCC(=O)OC(COC(=O)CCCCCCCC/C=C\C/C=C\C/C=C\CCCCC)COC(OCC[N+](C)(C)C)C(=O)[O-]. The van der Waals surface area contributed by atoms with Crippen LogP contribution < -0.4 is 5.11 Å². The topological polar surface area (TPSA) is 111 Å². The van der Waals surface area contributed by atoms with Gasteiger partial charge in [0.1, 0.15) is 13.2 Å². The van der Waals surface area contributed by atoms with Crippen molar-refractivity contribution in [2.75, 3.05) is 47.5 Å². The number of carboxylic acids is 1. The molecule has 0 aromatic heterocycles. The summed E-state index contributed by atoms with van der Waals surface area (Å²) in [6.07, 6.45) is 73.4. The van der Waals surface area contributed by atoms with E-state index in [2.05, 4.69) is 148 Å². The second kappa shape index (κ2) is 53.7. The molecule has 0 amide bonds. The van der Waals surface area contributed by atoms with Crippen molar-refractivity contribution in [2.45, 2.75) is 206 Å². The number of hydrogen-bond donors (Lipinski definition) is 0. The Labute approximate surface area is 446 Å². The minimum Gasteiger partial charge on any atom is -0.545 e. The lowest BCUT2D eigenvalue weighted by Crippen LogP contribution is -2.44. The summed E-state index contributed by atoms with van der Waals surface area (Å²) in [7, 11) is 5.89. The summed E-state index contributed by atoms with van der Waals surface area (Å²) in [4.78, 5) is 37.3. The largest absolute Gasteiger partial charge is 0.545 e. The van der Waals surface area contributed by atoms with Gasteiger partial charge in [0, 0.05) is 12.8 Å². The van der Waals surface area contributed by atoms with Gasteiger partial charge in [-0.2, -0.15) is 0 Å². The van der Waals surface area contributed by atoms with Crippen molar-refractivity contribution in [3.63, 3.8) is 0 Å². The number of allylic oxidation sites excluding steroid dienone is 22. The van der Waals surface area contributed by atoms with E-state index < -0.39 is 24.3 Å². The molecule has 0 saturated carbocycles. The number of carbonyl (C=O) groups excluding carboxylic acids is 3. The first-order chi connectivity index (χ1) is 35.6. The summed E-state index contributed by atoms with van der Waals surface area (Å²) in [5.41, 5.74) is 0. The highest BCUT2D eigenvalue weighted by Gasteiger charge is 2.22. The molecule has 2 atom stereocenters. The highest BCUT2D eigenvalue weighted by atomic mass is 16.7. The van der Waals surface area contributed by atoms with Gasteiger partial charge in [-0.15, -0.1) is 0 Å². The number of unbranched alkanes of at least 4 members (excludes halogenated alkanes) is 13. The third-order valence-electron chi connectivity index (χ3n) is 11.4. The normalized spacial score (nSPS) is 13.8. The monoisotopic (exact) mass is 1010 g/mol. The first-order valence-corrected chi connectivity index (χ1v) is 28.3. The van der Waals surface area contributed by atoms with Gasteiger partial charge >= 0.3 is 11.9 Å². The second-order valence-corrected chi connectivity index (χ2v) is 19.5. The minimum atomic E-state index is -1.64. The molecule has 0 aromatic carbocycles. The number of likely N-dealkylation sites (N-methyl/N-ethyl adjacent to an activating group) is 1. The van der Waals surface area contributed by atoms with Crippen LogP contribution in [-0.4, -0.2) is 82.3 Å². The van der Waals surface area contributed by atoms with Crippen LogP contribution in [0.5, 0.6) is 0 Å². The van der Waals surface area contributed by atoms with Crippen LogP contribution in [0.2, 0.25) is 0 Å². The van der Waals surface area contributed by atoms with Gasteiger partial charge in [-0.05, 0) is 116 Å². The lowest BCUT2D eigenvalue weighted by atomic mass is 10.1. The predicted octanol–water partition coefficient (Wildman–Crippen LogP) is 15.3. The van der Waals surface area contributed by atoms with Crippen molar-refractivity contribution in [2.24, 2.45) is 0 Å².